The normalized spacial score (nSPS) is 25.5. The average Bonchev–Trinajstić information content (AvgIpc) is 2.79. The molecule has 0 amide bonds. The van der Waals surface area contributed by atoms with Crippen molar-refractivity contribution in [2.45, 2.75) is 51.0 Å². The highest BCUT2D eigenvalue weighted by Crippen LogP contribution is 2.20. The number of piperidine rings is 1. The third-order valence-electron chi connectivity index (χ3n) is 3.61. The Hall–Kier alpha value is -0.830. The maximum absolute atomic E-state index is 4.69. The third-order valence-corrected chi connectivity index (χ3v) is 3.61. The van der Waals surface area contributed by atoms with Gasteiger partial charge >= 0.3 is 0 Å². The summed E-state index contributed by atoms with van der Waals surface area (Å²) in [6, 6.07) is 0.657. The van der Waals surface area contributed by atoms with E-state index in [0.29, 0.717) is 6.04 Å². The lowest BCUT2D eigenvalue weighted by atomic mass is 10.0. The van der Waals surface area contributed by atoms with Gasteiger partial charge in [0, 0.05) is 18.2 Å². The summed E-state index contributed by atoms with van der Waals surface area (Å²) in [5, 5.41) is 3.57. The smallest absolute Gasteiger partial charge is 0.108 e. The molecule has 1 aliphatic heterocycles. The summed E-state index contributed by atoms with van der Waals surface area (Å²) in [5.74, 6) is 1.21. The van der Waals surface area contributed by atoms with E-state index in [2.05, 4.69) is 15.3 Å². The summed E-state index contributed by atoms with van der Waals surface area (Å²) in [6.07, 6.45) is 8.79. The summed E-state index contributed by atoms with van der Waals surface area (Å²) < 4.78 is 0. The first-order valence-electron chi connectivity index (χ1n) is 6.22. The van der Waals surface area contributed by atoms with E-state index >= 15 is 0 Å². The van der Waals surface area contributed by atoms with Gasteiger partial charge < -0.3 is 10.3 Å². The van der Waals surface area contributed by atoms with E-state index in [1.54, 1.807) is 0 Å². The van der Waals surface area contributed by atoms with Crippen LogP contribution in [0.5, 0.6) is 0 Å². The van der Waals surface area contributed by atoms with Gasteiger partial charge in [-0.3, -0.25) is 0 Å². The molecule has 1 aliphatic carbocycles. The van der Waals surface area contributed by atoms with Crippen LogP contribution in [0, 0.1) is 0 Å². The molecule has 2 heterocycles. The summed E-state index contributed by atoms with van der Waals surface area (Å²) in [6.45, 7) is 1.19. The van der Waals surface area contributed by atoms with Crippen LogP contribution in [0.2, 0.25) is 0 Å². The van der Waals surface area contributed by atoms with Crippen LogP contribution in [0.15, 0.2) is 0 Å². The van der Waals surface area contributed by atoms with Crippen molar-refractivity contribution in [3.05, 3.63) is 17.2 Å². The second-order valence-corrected chi connectivity index (χ2v) is 4.81. The number of imidazole rings is 1. The van der Waals surface area contributed by atoms with Gasteiger partial charge in [-0.25, -0.2) is 4.98 Å². The van der Waals surface area contributed by atoms with Crippen LogP contribution in [-0.4, -0.2) is 22.6 Å². The molecule has 15 heavy (non-hydrogen) atoms. The Morgan fingerprint density at radius 1 is 1.20 bits per heavy atom. The van der Waals surface area contributed by atoms with Crippen LogP contribution in [0.25, 0.3) is 0 Å². The zero-order valence-electron chi connectivity index (χ0n) is 9.18. The minimum Gasteiger partial charge on any atom is -0.346 e. The molecular weight excluding hydrogens is 186 g/mol. The van der Waals surface area contributed by atoms with Crippen LogP contribution in [0.3, 0.4) is 0 Å². The molecule has 0 bridgehead atoms. The number of rotatable bonds is 2. The van der Waals surface area contributed by atoms with Crippen molar-refractivity contribution in [1.82, 2.24) is 15.3 Å². The van der Waals surface area contributed by atoms with Crippen molar-refractivity contribution in [2.24, 2.45) is 0 Å². The second kappa shape index (κ2) is 3.97. The highest BCUT2D eigenvalue weighted by Gasteiger charge is 2.19. The standard InChI is InChI=1S/C12H19N3/c1-2-7-13-9(4-1)8-12-14-10-5-3-6-11(10)15-12/h9,13H,1-8H2,(H,14,15). The van der Waals surface area contributed by atoms with Crippen molar-refractivity contribution in [1.29, 1.82) is 0 Å². The fourth-order valence-corrected chi connectivity index (χ4v) is 2.78. The molecule has 1 unspecified atom stereocenters. The lowest BCUT2D eigenvalue weighted by molar-refractivity contribution is 0.394. The summed E-state index contributed by atoms with van der Waals surface area (Å²) in [4.78, 5) is 8.18. The van der Waals surface area contributed by atoms with Crippen molar-refractivity contribution >= 4 is 0 Å². The Morgan fingerprint density at radius 2 is 2.20 bits per heavy atom. The summed E-state index contributed by atoms with van der Waals surface area (Å²) in [5.41, 5.74) is 2.74. The molecule has 0 spiro atoms. The monoisotopic (exact) mass is 205 g/mol. The van der Waals surface area contributed by atoms with Gasteiger partial charge in [-0.1, -0.05) is 6.42 Å². The minimum absolute atomic E-state index is 0.657. The predicted molar refractivity (Wildman–Crippen MR) is 60.0 cm³/mol. The predicted octanol–water partition coefficient (Wildman–Crippen LogP) is 1.58. The highest BCUT2D eigenvalue weighted by atomic mass is 15.0. The first kappa shape index (κ1) is 9.40. The molecule has 1 atom stereocenters. The lowest BCUT2D eigenvalue weighted by Crippen LogP contribution is -2.35. The molecule has 82 valence electrons. The van der Waals surface area contributed by atoms with Gasteiger partial charge in [-0.2, -0.15) is 0 Å². The molecule has 1 saturated heterocycles. The second-order valence-electron chi connectivity index (χ2n) is 4.81. The minimum atomic E-state index is 0.657. The van der Waals surface area contributed by atoms with E-state index in [9.17, 15) is 0 Å². The van der Waals surface area contributed by atoms with Crippen LogP contribution in [0.4, 0.5) is 0 Å². The van der Waals surface area contributed by atoms with Gasteiger partial charge in [0.25, 0.3) is 0 Å². The van der Waals surface area contributed by atoms with Gasteiger partial charge in [0.2, 0.25) is 0 Å². The van der Waals surface area contributed by atoms with E-state index in [-0.39, 0.29) is 0 Å². The summed E-state index contributed by atoms with van der Waals surface area (Å²) >= 11 is 0. The van der Waals surface area contributed by atoms with Gasteiger partial charge in [0.1, 0.15) is 5.82 Å². The fraction of sp³-hybridized carbons (Fsp3) is 0.750. The van der Waals surface area contributed by atoms with E-state index in [0.717, 1.165) is 6.42 Å². The van der Waals surface area contributed by atoms with Crippen molar-refractivity contribution in [3.63, 3.8) is 0 Å². The van der Waals surface area contributed by atoms with Crippen LogP contribution in [0.1, 0.15) is 42.9 Å². The van der Waals surface area contributed by atoms with Crippen molar-refractivity contribution in [2.75, 3.05) is 6.54 Å². The average molecular weight is 205 g/mol. The quantitative estimate of drug-likeness (QED) is 0.769. The molecule has 3 rings (SSSR count). The van der Waals surface area contributed by atoms with Crippen molar-refractivity contribution < 1.29 is 0 Å². The number of fused-ring (bicyclic) bond motifs is 1. The molecule has 0 saturated carbocycles. The number of nitrogens with zero attached hydrogens (tertiary/aromatic N) is 1. The number of aryl methyl sites for hydroxylation is 2. The first-order chi connectivity index (χ1) is 7.42. The Kier molecular flexibility index (Phi) is 2.49. The molecule has 3 nitrogen and oxygen atoms in total. The van der Waals surface area contributed by atoms with Gasteiger partial charge in [-0.15, -0.1) is 0 Å². The lowest BCUT2D eigenvalue weighted by Gasteiger charge is -2.22. The van der Waals surface area contributed by atoms with Crippen molar-refractivity contribution in [3.8, 4) is 0 Å². The number of H-pyrrole nitrogens is 1. The van der Waals surface area contributed by atoms with Crippen LogP contribution >= 0.6 is 0 Å². The Morgan fingerprint density at radius 3 is 3.00 bits per heavy atom. The number of aromatic amines is 1. The van der Waals surface area contributed by atoms with Crippen LogP contribution in [-0.2, 0) is 19.3 Å². The highest BCUT2D eigenvalue weighted by molar-refractivity contribution is 5.20. The van der Waals surface area contributed by atoms with Crippen LogP contribution < -0.4 is 5.32 Å². The Balaban J connectivity index is 1.66. The van der Waals surface area contributed by atoms with Gasteiger partial charge in [-0.05, 0) is 38.6 Å². The number of aromatic nitrogens is 2. The molecule has 2 N–H and O–H groups in total. The number of hydrogen-bond donors (Lipinski definition) is 2. The molecule has 1 fully saturated rings. The molecule has 2 aliphatic rings. The molecular formula is C12H19N3. The first-order valence-corrected chi connectivity index (χ1v) is 6.22. The SMILES string of the molecule is C1CCC(Cc2nc3c([nH]2)CCC3)NC1. The largest absolute Gasteiger partial charge is 0.346 e. The molecule has 0 aromatic carbocycles. The van der Waals surface area contributed by atoms with E-state index in [1.165, 1.54) is 62.3 Å². The zero-order valence-corrected chi connectivity index (χ0v) is 9.18. The molecule has 1 aromatic heterocycles. The Bertz CT molecular complexity index is 315. The Labute approximate surface area is 90.7 Å². The van der Waals surface area contributed by atoms with E-state index in [1.807, 2.05) is 0 Å². The number of hydrogen-bond acceptors (Lipinski definition) is 2. The molecule has 1 aromatic rings. The third kappa shape index (κ3) is 1.93. The molecule has 3 heteroatoms. The fourth-order valence-electron chi connectivity index (χ4n) is 2.78. The van der Waals surface area contributed by atoms with E-state index < -0.39 is 0 Å². The topological polar surface area (TPSA) is 40.7 Å². The van der Waals surface area contributed by atoms with Gasteiger partial charge in [0.15, 0.2) is 0 Å². The maximum Gasteiger partial charge on any atom is 0.108 e. The van der Waals surface area contributed by atoms with Gasteiger partial charge in [0.05, 0.1) is 5.69 Å². The molecule has 0 radical (unpaired) electrons. The van der Waals surface area contributed by atoms with E-state index in [4.69, 9.17) is 0 Å². The summed E-state index contributed by atoms with van der Waals surface area (Å²) in [7, 11) is 0. The number of nitrogens with one attached hydrogen (secondary N) is 2. The zero-order chi connectivity index (χ0) is 10.1. The maximum atomic E-state index is 4.69.